The van der Waals surface area contributed by atoms with Crippen LogP contribution in [0.3, 0.4) is 0 Å². The quantitative estimate of drug-likeness (QED) is 0.687. The van der Waals surface area contributed by atoms with Crippen molar-refractivity contribution in [2.24, 2.45) is 11.7 Å². The van der Waals surface area contributed by atoms with Crippen LogP contribution in [0, 0.1) is 5.92 Å². The van der Waals surface area contributed by atoms with Crippen molar-refractivity contribution in [3.8, 4) is 0 Å². The number of carbonyl (C=O) groups is 2. The van der Waals surface area contributed by atoms with Crippen LogP contribution in [-0.4, -0.2) is 29.9 Å². The number of amides is 2. The molecular weight excluding hydrogens is 360 g/mol. The molecule has 25 heavy (non-hydrogen) atoms. The van der Waals surface area contributed by atoms with Crippen molar-refractivity contribution in [3.63, 3.8) is 0 Å². The number of nitrogens with two attached hydrogens (primary N) is 1. The molecule has 0 saturated heterocycles. The first-order valence-electron chi connectivity index (χ1n) is 7.94. The lowest BCUT2D eigenvalue weighted by atomic mass is 10.1. The summed E-state index contributed by atoms with van der Waals surface area (Å²) in [6.07, 6.45) is 0.643. The largest absolute Gasteiger partial charge is 0.352 e. The zero-order chi connectivity index (χ0) is 18.4. The van der Waals surface area contributed by atoms with Gasteiger partial charge in [0, 0.05) is 24.0 Å². The van der Waals surface area contributed by atoms with Crippen molar-refractivity contribution in [1.82, 2.24) is 10.3 Å². The average Bonchev–Trinajstić information content (AvgIpc) is 3.02. The molecule has 134 valence electrons. The number of nitrogens with zero attached hydrogens (tertiary/aromatic N) is 1. The summed E-state index contributed by atoms with van der Waals surface area (Å²) in [6, 6.07) is 4.78. The summed E-state index contributed by atoms with van der Waals surface area (Å²) in [5, 5.41) is 8.33. The molecule has 0 spiro atoms. The number of carbonyl (C=O) groups excluding carboxylic acids is 2. The molecule has 8 heteroatoms. The molecule has 1 heterocycles. The Morgan fingerprint density at radius 1 is 1.32 bits per heavy atom. The topological polar surface area (TPSA) is 97.1 Å². The molecule has 0 radical (unpaired) electrons. The van der Waals surface area contributed by atoms with Gasteiger partial charge < -0.3 is 16.4 Å². The van der Waals surface area contributed by atoms with Crippen LogP contribution in [0.2, 0.25) is 5.02 Å². The zero-order valence-electron chi connectivity index (χ0n) is 14.1. The SMILES string of the molecule is CC(C)CNC(=O)c1ccc(NC(=O)c2csc(CCN)n2)cc1Cl. The van der Waals surface area contributed by atoms with Crippen molar-refractivity contribution in [2.45, 2.75) is 20.3 Å². The highest BCUT2D eigenvalue weighted by Crippen LogP contribution is 2.22. The van der Waals surface area contributed by atoms with Crippen LogP contribution in [0.25, 0.3) is 0 Å². The Labute approximate surface area is 155 Å². The summed E-state index contributed by atoms with van der Waals surface area (Å²) in [4.78, 5) is 28.5. The number of nitrogens with one attached hydrogen (secondary N) is 2. The fraction of sp³-hybridized carbons (Fsp3) is 0.353. The number of halogens is 1. The zero-order valence-corrected chi connectivity index (χ0v) is 15.7. The second-order valence-corrected chi connectivity index (χ2v) is 7.27. The van der Waals surface area contributed by atoms with E-state index < -0.39 is 0 Å². The van der Waals surface area contributed by atoms with E-state index in [2.05, 4.69) is 15.6 Å². The Morgan fingerprint density at radius 2 is 2.08 bits per heavy atom. The van der Waals surface area contributed by atoms with E-state index in [4.69, 9.17) is 17.3 Å². The highest BCUT2D eigenvalue weighted by molar-refractivity contribution is 7.09. The van der Waals surface area contributed by atoms with Crippen LogP contribution >= 0.6 is 22.9 Å². The highest BCUT2D eigenvalue weighted by atomic mass is 35.5. The van der Waals surface area contributed by atoms with E-state index in [1.54, 1.807) is 23.6 Å². The van der Waals surface area contributed by atoms with Crippen LogP contribution in [0.15, 0.2) is 23.6 Å². The number of benzene rings is 1. The van der Waals surface area contributed by atoms with Crippen LogP contribution in [0.4, 0.5) is 5.69 Å². The van der Waals surface area contributed by atoms with E-state index in [-0.39, 0.29) is 16.8 Å². The summed E-state index contributed by atoms with van der Waals surface area (Å²) >= 11 is 7.57. The second kappa shape index (κ2) is 8.94. The van der Waals surface area contributed by atoms with Gasteiger partial charge in [0.1, 0.15) is 5.69 Å². The molecule has 1 aromatic carbocycles. The first kappa shape index (κ1) is 19.4. The fourth-order valence-corrected chi connectivity index (χ4v) is 3.08. The van der Waals surface area contributed by atoms with Gasteiger partial charge in [-0.2, -0.15) is 0 Å². The van der Waals surface area contributed by atoms with Gasteiger partial charge in [0.05, 0.1) is 15.6 Å². The number of aromatic nitrogens is 1. The van der Waals surface area contributed by atoms with E-state index >= 15 is 0 Å². The average molecular weight is 381 g/mol. The molecule has 0 aliphatic heterocycles. The third-order valence-corrected chi connectivity index (χ3v) is 4.51. The van der Waals surface area contributed by atoms with Gasteiger partial charge in [0.25, 0.3) is 11.8 Å². The van der Waals surface area contributed by atoms with Gasteiger partial charge in [-0.3, -0.25) is 9.59 Å². The number of hydrogen-bond acceptors (Lipinski definition) is 5. The molecule has 6 nitrogen and oxygen atoms in total. The number of rotatable bonds is 7. The molecule has 2 amide bonds. The Hall–Kier alpha value is -1.96. The van der Waals surface area contributed by atoms with Gasteiger partial charge in [-0.05, 0) is 30.7 Å². The van der Waals surface area contributed by atoms with Crippen LogP contribution in [0.1, 0.15) is 39.7 Å². The molecule has 0 atom stereocenters. The van der Waals surface area contributed by atoms with Gasteiger partial charge in [-0.15, -0.1) is 11.3 Å². The van der Waals surface area contributed by atoms with Crippen molar-refractivity contribution >= 4 is 40.4 Å². The molecule has 0 saturated carbocycles. The fourth-order valence-electron chi connectivity index (χ4n) is 2.02. The maximum atomic E-state index is 12.2. The van der Waals surface area contributed by atoms with Crippen LogP contribution < -0.4 is 16.4 Å². The maximum Gasteiger partial charge on any atom is 0.275 e. The van der Waals surface area contributed by atoms with Gasteiger partial charge in [0.2, 0.25) is 0 Å². The number of anilines is 1. The lowest BCUT2D eigenvalue weighted by Gasteiger charge is -2.10. The molecule has 1 aromatic heterocycles. The Kier molecular flexibility index (Phi) is 6.92. The van der Waals surface area contributed by atoms with Crippen molar-refractivity contribution in [1.29, 1.82) is 0 Å². The van der Waals surface area contributed by atoms with E-state index in [1.165, 1.54) is 11.3 Å². The van der Waals surface area contributed by atoms with Crippen LogP contribution in [-0.2, 0) is 6.42 Å². The summed E-state index contributed by atoms with van der Waals surface area (Å²) < 4.78 is 0. The summed E-state index contributed by atoms with van der Waals surface area (Å²) in [7, 11) is 0. The molecule has 2 aromatic rings. The highest BCUT2D eigenvalue weighted by Gasteiger charge is 2.14. The monoisotopic (exact) mass is 380 g/mol. The van der Waals surface area contributed by atoms with E-state index in [1.807, 2.05) is 13.8 Å². The van der Waals surface area contributed by atoms with E-state index in [0.717, 1.165) is 5.01 Å². The molecule has 0 aliphatic rings. The molecule has 2 rings (SSSR count). The van der Waals surface area contributed by atoms with E-state index in [9.17, 15) is 9.59 Å². The van der Waals surface area contributed by atoms with Crippen molar-refractivity contribution < 1.29 is 9.59 Å². The third kappa shape index (κ3) is 5.52. The lowest BCUT2D eigenvalue weighted by molar-refractivity contribution is 0.0948. The van der Waals surface area contributed by atoms with Gasteiger partial charge in [-0.25, -0.2) is 4.98 Å². The van der Waals surface area contributed by atoms with Crippen molar-refractivity contribution in [2.75, 3.05) is 18.4 Å². The molecule has 0 bridgehead atoms. The van der Waals surface area contributed by atoms with Gasteiger partial charge in [-0.1, -0.05) is 25.4 Å². The minimum absolute atomic E-state index is 0.234. The Balaban J connectivity index is 2.04. The standard InChI is InChI=1S/C17H21ClN4O2S/c1-10(2)8-20-16(23)12-4-3-11(7-13(12)18)21-17(24)14-9-25-15(22-14)5-6-19/h3-4,7,9-10H,5-6,8,19H2,1-2H3,(H,20,23)(H,21,24). The predicted molar refractivity (Wildman–Crippen MR) is 101 cm³/mol. The summed E-state index contributed by atoms with van der Waals surface area (Å²) in [5.74, 6) is -0.210. The maximum absolute atomic E-state index is 12.2. The number of hydrogen-bond donors (Lipinski definition) is 3. The third-order valence-electron chi connectivity index (χ3n) is 3.29. The normalized spacial score (nSPS) is 10.8. The first-order chi connectivity index (χ1) is 11.9. The Morgan fingerprint density at radius 3 is 2.72 bits per heavy atom. The summed E-state index contributed by atoms with van der Waals surface area (Å²) in [5.41, 5.74) is 6.70. The minimum atomic E-state index is -0.326. The molecule has 4 N–H and O–H groups in total. The van der Waals surface area contributed by atoms with Gasteiger partial charge in [0.15, 0.2) is 0 Å². The molecule has 0 aliphatic carbocycles. The second-order valence-electron chi connectivity index (χ2n) is 5.92. The smallest absolute Gasteiger partial charge is 0.275 e. The van der Waals surface area contributed by atoms with E-state index in [0.29, 0.717) is 42.4 Å². The molecule has 0 fully saturated rings. The van der Waals surface area contributed by atoms with Gasteiger partial charge >= 0.3 is 0 Å². The molecule has 0 unspecified atom stereocenters. The predicted octanol–water partition coefficient (Wildman–Crippen LogP) is 2.94. The number of thiazole rings is 1. The van der Waals surface area contributed by atoms with Crippen LogP contribution in [0.5, 0.6) is 0 Å². The first-order valence-corrected chi connectivity index (χ1v) is 9.20. The lowest BCUT2D eigenvalue weighted by Crippen LogP contribution is -2.27. The minimum Gasteiger partial charge on any atom is -0.352 e. The van der Waals surface area contributed by atoms with Crippen molar-refractivity contribution in [3.05, 3.63) is 44.9 Å². The Bertz CT molecular complexity index is 761. The summed E-state index contributed by atoms with van der Waals surface area (Å²) in [6.45, 7) is 5.09. The molecular formula is C17H21ClN4O2S.